The molecule has 2 unspecified atom stereocenters. The van der Waals surface area contributed by atoms with Crippen LogP contribution >= 0.6 is 0 Å². The predicted molar refractivity (Wildman–Crippen MR) is 120 cm³/mol. The highest BCUT2D eigenvalue weighted by atomic mass is 19.3. The molecule has 2 bridgehead atoms. The van der Waals surface area contributed by atoms with Crippen molar-refractivity contribution in [2.75, 3.05) is 7.05 Å². The van der Waals surface area contributed by atoms with Crippen LogP contribution < -0.4 is 4.74 Å². The third-order valence-corrected chi connectivity index (χ3v) is 6.46. The molecular formula is C25H19F2N5O2. The smallest absolute Gasteiger partial charge is 0.387 e. The number of carbonyl (C=O) groups excluding carboxylic acids is 1. The molecule has 2 aromatic carbocycles. The van der Waals surface area contributed by atoms with Gasteiger partial charge in [0.2, 0.25) is 0 Å². The van der Waals surface area contributed by atoms with E-state index in [2.05, 4.69) is 16.9 Å². The molecule has 34 heavy (non-hydrogen) atoms. The van der Waals surface area contributed by atoms with Crippen LogP contribution in [0.5, 0.6) is 5.75 Å². The normalized spacial score (nSPS) is 18.5. The van der Waals surface area contributed by atoms with E-state index < -0.39 is 6.61 Å². The Morgan fingerprint density at radius 3 is 2.71 bits per heavy atom. The Morgan fingerprint density at radius 2 is 1.94 bits per heavy atom. The number of aromatic nitrogens is 4. The molecule has 170 valence electrons. The second kappa shape index (κ2) is 7.42. The van der Waals surface area contributed by atoms with Crippen LogP contribution in [-0.2, 0) is 7.05 Å². The third-order valence-electron chi connectivity index (χ3n) is 6.46. The van der Waals surface area contributed by atoms with Gasteiger partial charge in [0.15, 0.2) is 0 Å². The molecule has 0 aliphatic carbocycles. The van der Waals surface area contributed by atoms with Gasteiger partial charge in [-0.15, -0.1) is 0 Å². The van der Waals surface area contributed by atoms with Crippen LogP contribution in [0.1, 0.15) is 51.4 Å². The van der Waals surface area contributed by atoms with Gasteiger partial charge in [-0.25, -0.2) is 4.98 Å². The lowest BCUT2D eigenvalue weighted by molar-refractivity contribution is -0.0507. The highest BCUT2D eigenvalue weighted by molar-refractivity contribution is 5.97. The Bertz CT molecular complexity index is 1530. The molecule has 0 fully saturated rings. The Labute approximate surface area is 193 Å². The van der Waals surface area contributed by atoms with Gasteiger partial charge in [-0.3, -0.25) is 9.48 Å². The van der Waals surface area contributed by atoms with Crippen molar-refractivity contribution in [3.05, 3.63) is 76.9 Å². The van der Waals surface area contributed by atoms with Crippen molar-refractivity contribution in [3.8, 4) is 17.6 Å². The number of hydrogen-bond acceptors (Lipinski definition) is 4. The highest BCUT2D eigenvalue weighted by Crippen LogP contribution is 2.49. The van der Waals surface area contributed by atoms with Crippen molar-refractivity contribution in [2.24, 2.45) is 7.05 Å². The summed E-state index contributed by atoms with van der Waals surface area (Å²) in [7, 11) is 3.55. The fourth-order valence-corrected chi connectivity index (χ4v) is 4.99. The molecule has 2 atom stereocenters. The Balaban J connectivity index is 1.53. The van der Waals surface area contributed by atoms with Crippen molar-refractivity contribution in [2.45, 2.75) is 25.1 Å². The number of hydrogen-bond donors (Lipinski definition) is 0. The number of rotatable bonds is 2. The Morgan fingerprint density at radius 1 is 1.12 bits per heavy atom. The van der Waals surface area contributed by atoms with E-state index in [4.69, 9.17) is 9.72 Å². The number of imidazole rings is 1. The summed E-state index contributed by atoms with van der Waals surface area (Å²) in [6, 6.07) is 9.81. The largest absolute Gasteiger partial charge is 0.434 e. The van der Waals surface area contributed by atoms with E-state index in [1.807, 2.05) is 36.0 Å². The average molecular weight is 459 g/mol. The van der Waals surface area contributed by atoms with Gasteiger partial charge in [-0.2, -0.15) is 13.9 Å². The van der Waals surface area contributed by atoms with Crippen LogP contribution in [0.4, 0.5) is 8.78 Å². The zero-order valence-electron chi connectivity index (χ0n) is 18.4. The minimum absolute atomic E-state index is 0.0159. The van der Waals surface area contributed by atoms with Crippen LogP contribution in [0.3, 0.4) is 0 Å². The topological polar surface area (TPSA) is 65.2 Å². The van der Waals surface area contributed by atoms with Gasteiger partial charge in [0.05, 0.1) is 34.9 Å². The maximum Gasteiger partial charge on any atom is 0.387 e. The lowest BCUT2D eigenvalue weighted by atomic mass is 9.97. The summed E-state index contributed by atoms with van der Waals surface area (Å²) in [5.41, 5.74) is 4.02. The summed E-state index contributed by atoms with van der Waals surface area (Å²) in [5, 5.41) is 4.13. The number of carbonyl (C=O) groups is 1. The number of alkyl halides is 2. The Kier molecular flexibility index (Phi) is 4.45. The molecule has 2 aliphatic rings. The fourth-order valence-electron chi connectivity index (χ4n) is 4.99. The van der Waals surface area contributed by atoms with Crippen LogP contribution in [0.2, 0.25) is 0 Å². The van der Waals surface area contributed by atoms with E-state index in [0.717, 1.165) is 28.0 Å². The lowest BCUT2D eigenvalue weighted by Crippen LogP contribution is -2.30. The molecule has 2 aromatic heterocycles. The number of benzene rings is 2. The van der Waals surface area contributed by atoms with Crippen molar-refractivity contribution in [1.82, 2.24) is 24.2 Å². The van der Waals surface area contributed by atoms with E-state index in [1.54, 1.807) is 35.0 Å². The van der Waals surface area contributed by atoms with E-state index >= 15 is 0 Å². The monoisotopic (exact) mass is 459 g/mol. The van der Waals surface area contributed by atoms with Crippen molar-refractivity contribution in [1.29, 1.82) is 0 Å². The molecule has 2 aliphatic heterocycles. The first-order valence-corrected chi connectivity index (χ1v) is 10.8. The standard InChI is InChI=1S/C25H19F2N5O2/c1-30-13-15(12-28-30)7-6-14-8-9-17-18(10-14)32-19-11-20(23(32)29-17)31(2)24(33)16-4-3-5-21(22(16)19)34-25(26)27/h3-5,8-10,12-13,19-20,25H,11H2,1-2H3. The fraction of sp³-hybridized carbons (Fsp3) is 0.240. The zero-order valence-corrected chi connectivity index (χ0v) is 18.4. The highest BCUT2D eigenvalue weighted by Gasteiger charge is 2.44. The van der Waals surface area contributed by atoms with E-state index in [0.29, 0.717) is 17.5 Å². The lowest BCUT2D eigenvalue weighted by Gasteiger charge is -2.24. The third kappa shape index (κ3) is 3.06. The molecule has 0 radical (unpaired) electrons. The molecule has 0 saturated heterocycles. The van der Waals surface area contributed by atoms with Crippen LogP contribution in [0.15, 0.2) is 48.8 Å². The number of aryl methyl sites for hydroxylation is 1. The zero-order chi connectivity index (χ0) is 23.6. The van der Waals surface area contributed by atoms with Crippen molar-refractivity contribution < 1.29 is 18.3 Å². The number of nitrogens with zero attached hydrogens (tertiary/aromatic N) is 5. The first kappa shape index (κ1) is 20.4. The molecule has 9 heteroatoms. The van der Waals surface area contributed by atoms with Crippen LogP contribution in [0.25, 0.3) is 11.0 Å². The van der Waals surface area contributed by atoms with Gasteiger partial charge >= 0.3 is 6.61 Å². The van der Waals surface area contributed by atoms with Gasteiger partial charge in [-0.05, 0) is 30.3 Å². The van der Waals surface area contributed by atoms with Crippen molar-refractivity contribution >= 4 is 16.9 Å². The van der Waals surface area contributed by atoms with Crippen LogP contribution in [0, 0.1) is 11.8 Å². The number of halogens is 2. The summed E-state index contributed by atoms with van der Waals surface area (Å²) >= 11 is 0. The molecular weight excluding hydrogens is 440 g/mol. The molecule has 1 amide bonds. The summed E-state index contributed by atoms with van der Waals surface area (Å²) < 4.78 is 35.0. The SMILES string of the molecule is CN1C(=O)c2cccc(OC(F)F)c2C2CC1c1nc3ccc(C#Cc4cnn(C)c4)cc3n12. The summed E-state index contributed by atoms with van der Waals surface area (Å²) in [6.07, 6.45) is 4.06. The minimum atomic E-state index is -2.99. The number of fused-ring (bicyclic) bond motifs is 9. The van der Waals surface area contributed by atoms with Gasteiger partial charge in [-0.1, -0.05) is 17.9 Å². The maximum atomic E-state index is 13.2. The van der Waals surface area contributed by atoms with E-state index in [1.165, 1.54) is 6.07 Å². The first-order valence-electron chi connectivity index (χ1n) is 10.8. The summed E-state index contributed by atoms with van der Waals surface area (Å²) in [4.78, 5) is 19.6. The number of amides is 1. The van der Waals surface area contributed by atoms with Crippen molar-refractivity contribution in [3.63, 3.8) is 0 Å². The van der Waals surface area contributed by atoms with Gasteiger partial charge < -0.3 is 14.2 Å². The number of ether oxygens (including phenoxy) is 1. The van der Waals surface area contributed by atoms with Gasteiger partial charge in [0, 0.05) is 43.4 Å². The van der Waals surface area contributed by atoms with Gasteiger partial charge in [0.1, 0.15) is 11.6 Å². The summed E-state index contributed by atoms with van der Waals surface area (Å²) in [5.74, 6) is 6.77. The Hall–Kier alpha value is -4.19. The molecule has 0 N–H and O–H groups in total. The molecule has 6 rings (SSSR count). The second-order valence-electron chi connectivity index (χ2n) is 8.48. The molecule has 0 saturated carbocycles. The van der Waals surface area contributed by atoms with E-state index in [9.17, 15) is 13.6 Å². The maximum absolute atomic E-state index is 13.2. The average Bonchev–Trinajstić information content (AvgIpc) is 3.48. The van der Waals surface area contributed by atoms with Gasteiger partial charge in [0.25, 0.3) is 5.91 Å². The van der Waals surface area contributed by atoms with E-state index in [-0.39, 0.29) is 23.7 Å². The predicted octanol–water partition coefficient (Wildman–Crippen LogP) is 3.89. The molecule has 4 heterocycles. The first-order chi connectivity index (χ1) is 16.4. The van der Waals surface area contributed by atoms with Crippen LogP contribution in [-0.4, -0.2) is 43.8 Å². The molecule has 0 spiro atoms. The summed E-state index contributed by atoms with van der Waals surface area (Å²) in [6.45, 7) is -2.99. The second-order valence-corrected chi connectivity index (χ2v) is 8.48. The quantitative estimate of drug-likeness (QED) is 0.427. The minimum Gasteiger partial charge on any atom is -0.434 e. The molecule has 4 aromatic rings. The molecule has 7 nitrogen and oxygen atoms in total.